The molecule has 1 aliphatic carbocycles. The van der Waals surface area contributed by atoms with Crippen molar-refractivity contribution in [2.75, 3.05) is 14.1 Å². The molecule has 0 atom stereocenters. The van der Waals surface area contributed by atoms with E-state index in [1.54, 1.807) is 31.1 Å². The fourth-order valence-corrected chi connectivity index (χ4v) is 3.21. The second-order valence-electron chi connectivity index (χ2n) is 6.81. The Labute approximate surface area is 148 Å². The van der Waals surface area contributed by atoms with Crippen LogP contribution in [0.2, 0.25) is 0 Å². The lowest BCUT2D eigenvalue weighted by atomic mass is 10.0. The van der Waals surface area contributed by atoms with E-state index >= 15 is 0 Å². The standard InChI is InChI=1S/C21H24N2O2/c1-23(2)21(25)18-10-6-15(7-11-18)14-22-20(24)13-16-8-9-17-4-3-5-19(17)12-16/h6-12H,3-5,13-14H2,1-2H3,(H,22,24). The molecule has 0 aliphatic heterocycles. The lowest BCUT2D eigenvalue weighted by molar-refractivity contribution is -0.120. The van der Waals surface area contributed by atoms with Gasteiger partial charge in [-0.05, 0) is 53.6 Å². The normalized spacial score (nSPS) is 12.6. The summed E-state index contributed by atoms with van der Waals surface area (Å²) in [5, 5.41) is 2.95. The Morgan fingerprint density at radius 3 is 2.36 bits per heavy atom. The van der Waals surface area contributed by atoms with Crippen molar-refractivity contribution >= 4 is 11.8 Å². The number of nitrogens with zero attached hydrogens (tertiary/aromatic N) is 1. The van der Waals surface area contributed by atoms with Crippen LogP contribution in [0.1, 0.15) is 39.0 Å². The molecule has 0 unspecified atom stereocenters. The van der Waals surface area contributed by atoms with Crippen molar-refractivity contribution in [1.29, 1.82) is 0 Å². The minimum atomic E-state index is -0.0211. The molecule has 1 N–H and O–H groups in total. The second kappa shape index (κ2) is 7.51. The van der Waals surface area contributed by atoms with Gasteiger partial charge in [0.2, 0.25) is 5.91 Å². The summed E-state index contributed by atoms with van der Waals surface area (Å²) in [6.07, 6.45) is 3.92. The van der Waals surface area contributed by atoms with Crippen LogP contribution in [0.15, 0.2) is 42.5 Å². The Kier molecular flexibility index (Phi) is 5.17. The van der Waals surface area contributed by atoms with Gasteiger partial charge in [-0.25, -0.2) is 0 Å². The SMILES string of the molecule is CN(C)C(=O)c1ccc(CNC(=O)Cc2ccc3c(c2)CCC3)cc1. The number of aryl methyl sites for hydroxylation is 2. The molecule has 4 heteroatoms. The molecule has 2 amide bonds. The van der Waals surface area contributed by atoms with Gasteiger partial charge >= 0.3 is 0 Å². The predicted molar refractivity (Wildman–Crippen MR) is 98.5 cm³/mol. The van der Waals surface area contributed by atoms with Gasteiger partial charge in [0, 0.05) is 26.2 Å². The number of fused-ring (bicyclic) bond motifs is 1. The first-order valence-electron chi connectivity index (χ1n) is 8.71. The highest BCUT2D eigenvalue weighted by molar-refractivity contribution is 5.93. The van der Waals surface area contributed by atoms with E-state index < -0.39 is 0 Å². The van der Waals surface area contributed by atoms with Crippen molar-refractivity contribution < 1.29 is 9.59 Å². The largest absolute Gasteiger partial charge is 0.352 e. The van der Waals surface area contributed by atoms with Gasteiger partial charge in [0.15, 0.2) is 0 Å². The molecule has 130 valence electrons. The summed E-state index contributed by atoms with van der Waals surface area (Å²) in [6.45, 7) is 0.472. The number of carbonyl (C=O) groups excluding carboxylic acids is 2. The molecule has 25 heavy (non-hydrogen) atoms. The Morgan fingerprint density at radius 1 is 0.960 bits per heavy atom. The van der Waals surface area contributed by atoms with Crippen LogP contribution in [0.3, 0.4) is 0 Å². The minimum Gasteiger partial charge on any atom is -0.352 e. The molecule has 0 bridgehead atoms. The molecule has 0 heterocycles. The van der Waals surface area contributed by atoms with E-state index in [2.05, 4.69) is 23.5 Å². The molecule has 2 aromatic rings. The van der Waals surface area contributed by atoms with Gasteiger partial charge in [-0.3, -0.25) is 9.59 Å². The summed E-state index contributed by atoms with van der Waals surface area (Å²) in [7, 11) is 3.46. The molecular weight excluding hydrogens is 312 g/mol. The number of hydrogen-bond acceptors (Lipinski definition) is 2. The lowest BCUT2D eigenvalue weighted by Gasteiger charge is -2.11. The number of carbonyl (C=O) groups is 2. The summed E-state index contributed by atoms with van der Waals surface area (Å²) in [5.74, 6) is -0.00131. The molecule has 0 fully saturated rings. The van der Waals surface area contributed by atoms with Gasteiger partial charge in [-0.1, -0.05) is 30.3 Å². The van der Waals surface area contributed by atoms with E-state index in [4.69, 9.17) is 0 Å². The topological polar surface area (TPSA) is 49.4 Å². The predicted octanol–water partition coefficient (Wildman–Crippen LogP) is 2.74. The maximum absolute atomic E-state index is 12.2. The molecule has 2 aromatic carbocycles. The zero-order valence-corrected chi connectivity index (χ0v) is 14.8. The van der Waals surface area contributed by atoms with Crippen molar-refractivity contribution in [2.45, 2.75) is 32.2 Å². The first kappa shape index (κ1) is 17.2. The Bertz CT molecular complexity index is 779. The van der Waals surface area contributed by atoms with Crippen LogP contribution in [0.5, 0.6) is 0 Å². The van der Waals surface area contributed by atoms with Gasteiger partial charge in [0.05, 0.1) is 6.42 Å². The minimum absolute atomic E-state index is 0.0198. The van der Waals surface area contributed by atoms with Crippen LogP contribution in [-0.2, 0) is 30.6 Å². The highest BCUT2D eigenvalue weighted by Gasteiger charge is 2.12. The van der Waals surface area contributed by atoms with Gasteiger partial charge in [0.1, 0.15) is 0 Å². The second-order valence-corrected chi connectivity index (χ2v) is 6.81. The van der Waals surface area contributed by atoms with E-state index in [0.717, 1.165) is 24.0 Å². The monoisotopic (exact) mass is 336 g/mol. The smallest absolute Gasteiger partial charge is 0.253 e. The molecule has 0 saturated carbocycles. The number of benzene rings is 2. The van der Waals surface area contributed by atoms with E-state index in [1.165, 1.54) is 17.5 Å². The van der Waals surface area contributed by atoms with Crippen LogP contribution >= 0.6 is 0 Å². The average Bonchev–Trinajstić information content (AvgIpc) is 3.07. The third-order valence-electron chi connectivity index (χ3n) is 4.62. The molecule has 0 aromatic heterocycles. The van der Waals surface area contributed by atoms with Crippen LogP contribution in [0.25, 0.3) is 0 Å². The zero-order valence-electron chi connectivity index (χ0n) is 14.8. The maximum Gasteiger partial charge on any atom is 0.253 e. The number of amides is 2. The Morgan fingerprint density at radius 2 is 1.64 bits per heavy atom. The van der Waals surface area contributed by atoms with Crippen molar-refractivity contribution in [3.8, 4) is 0 Å². The van der Waals surface area contributed by atoms with Crippen LogP contribution in [0, 0.1) is 0 Å². The molecule has 4 nitrogen and oxygen atoms in total. The third kappa shape index (κ3) is 4.27. The molecular formula is C21H24N2O2. The lowest BCUT2D eigenvalue weighted by Crippen LogP contribution is -2.25. The van der Waals surface area contributed by atoms with E-state index in [-0.39, 0.29) is 11.8 Å². The summed E-state index contributed by atoms with van der Waals surface area (Å²) in [4.78, 5) is 25.6. The van der Waals surface area contributed by atoms with Gasteiger partial charge in [0.25, 0.3) is 5.91 Å². The van der Waals surface area contributed by atoms with E-state index in [9.17, 15) is 9.59 Å². The summed E-state index contributed by atoms with van der Waals surface area (Å²) < 4.78 is 0. The van der Waals surface area contributed by atoms with Crippen LogP contribution in [-0.4, -0.2) is 30.8 Å². The first-order valence-corrected chi connectivity index (χ1v) is 8.71. The third-order valence-corrected chi connectivity index (χ3v) is 4.62. The van der Waals surface area contributed by atoms with Crippen molar-refractivity contribution in [2.24, 2.45) is 0 Å². The highest BCUT2D eigenvalue weighted by atomic mass is 16.2. The van der Waals surface area contributed by atoms with Crippen LogP contribution < -0.4 is 5.32 Å². The fourth-order valence-electron chi connectivity index (χ4n) is 3.21. The van der Waals surface area contributed by atoms with E-state index in [0.29, 0.717) is 18.5 Å². The molecule has 0 saturated heterocycles. The molecule has 0 radical (unpaired) electrons. The van der Waals surface area contributed by atoms with Gasteiger partial charge in [-0.15, -0.1) is 0 Å². The van der Waals surface area contributed by atoms with Crippen molar-refractivity contribution in [3.05, 3.63) is 70.3 Å². The highest BCUT2D eigenvalue weighted by Crippen LogP contribution is 2.23. The van der Waals surface area contributed by atoms with Crippen molar-refractivity contribution in [3.63, 3.8) is 0 Å². The summed E-state index contributed by atoms with van der Waals surface area (Å²) in [6, 6.07) is 13.7. The molecule has 1 aliphatic rings. The fraction of sp³-hybridized carbons (Fsp3) is 0.333. The molecule has 3 rings (SSSR count). The number of rotatable bonds is 5. The Balaban J connectivity index is 1.53. The van der Waals surface area contributed by atoms with Crippen LogP contribution in [0.4, 0.5) is 0 Å². The first-order chi connectivity index (χ1) is 12.0. The zero-order chi connectivity index (χ0) is 17.8. The average molecular weight is 336 g/mol. The molecule has 0 spiro atoms. The van der Waals surface area contributed by atoms with Gasteiger partial charge < -0.3 is 10.2 Å². The Hall–Kier alpha value is -2.62. The van der Waals surface area contributed by atoms with Gasteiger partial charge in [-0.2, -0.15) is 0 Å². The quantitative estimate of drug-likeness (QED) is 0.913. The van der Waals surface area contributed by atoms with E-state index in [1.807, 2.05) is 12.1 Å². The number of nitrogens with one attached hydrogen (secondary N) is 1. The maximum atomic E-state index is 12.2. The number of hydrogen-bond donors (Lipinski definition) is 1. The summed E-state index contributed by atoms with van der Waals surface area (Å²) >= 11 is 0. The van der Waals surface area contributed by atoms with Crippen molar-refractivity contribution in [1.82, 2.24) is 10.2 Å². The summed E-state index contributed by atoms with van der Waals surface area (Å²) in [5.41, 5.74) is 5.53.